The van der Waals surface area contributed by atoms with Crippen LogP contribution in [0.5, 0.6) is 0 Å². The monoisotopic (exact) mass is 496 g/mol. The fourth-order valence-electron chi connectivity index (χ4n) is 5.10. The molecule has 9 heteroatoms. The average molecular weight is 497 g/mol. The molecule has 1 saturated heterocycles. The number of ether oxygens (including phenoxy) is 1. The molecule has 1 amide bonds. The number of benzene rings is 2. The fraction of sp³-hybridized carbons (Fsp3) is 0.462. The minimum Gasteiger partial charge on any atom is -0.444 e. The topological polar surface area (TPSA) is 104 Å². The lowest BCUT2D eigenvalue weighted by atomic mass is 9.87. The highest BCUT2D eigenvalue weighted by Crippen LogP contribution is 2.41. The zero-order chi connectivity index (χ0) is 25.2. The Balaban J connectivity index is 1.55. The summed E-state index contributed by atoms with van der Waals surface area (Å²) in [4.78, 5) is 23.3. The minimum atomic E-state index is -3.34. The summed E-state index contributed by atoms with van der Waals surface area (Å²) in [6.45, 7) is 11.3. The second-order valence-electron chi connectivity index (χ2n) is 11.1. The van der Waals surface area contributed by atoms with Crippen molar-refractivity contribution in [1.29, 1.82) is 0 Å². The smallest absolute Gasteiger partial charge is 0.410 e. The fourth-order valence-corrected chi connectivity index (χ4v) is 7.34. The Morgan fingerprint density at radius 2 is 1.97 bits per heavy atom. The third-order valence-electron chi connectivity index (χ3n) is 6.64. The van der Waals surface area contributed by atoms with Gasteiger partial charge in [0.25, 0.3) is 0 Å². The number of rotatable bonds is 2. The lowest BCUT2D eigenvalue weighted by Crippen LogP contribution is -2.50. The number of nitrogens with one attached hydrogen (secondary N) is 2. The highest BCUT2D eigenvalue weighted by molar-refractivity contribution is 7.91. The van der Waals surface area contributed by atoms with Crippen LogP contribution in [0.4, 0.5) is 4.79 Å². The second kappa shape index (κ2) is 8.06. The van der Waals surface area contributed by atoms with Gasteiger partial charge >= 0.3 is 6.09 Å². The number of para-hydroxylation sites is 1. The first kappa shape index (κ1) is 23.8. The van der Waals surface area contributed by atoms with Crippen molar-refractivity contribution in [3.63, 3.8) is 0 Å². The lowest BCUT2D eigenvalue weighted by Gasteiger charge is -2.37. The van der Waals surface area contributed by atoms with Crippen LogP contribution < -0.4 is 5.32 Å². The van der Waals surface area contributed by atoms with Crippen LogP contribution in [-0.4, -0.2) is 60.4 Å². The van der Waals surface area contributed by atoms with Gasteiger partial charge in [0.1, 0.15) is 11.4 Å². The maximum absolute atomic E-state index is 13.0. The van der Waals surface area contributed by atoms with Gasteiger partial charge in [-0.15, -0.1) is 0 Å². The van der Waals surface area contributed by atoms with Crippen molar-refractivity contribution in [2.75, 3.05) is 25.4 Å². The Morgan fingerprint density at radius 1 is 1.20 bits per heavy atom. The summed E-state index contributed by atoms with van der Waals surface area (Å²) in [5.41, 5.74) is 3.08. The number of imidazole rings is 1. The van der Waals surface area contributed by atoms with Crippen molar-refractivity contribution < 1.29 is 17.9 Å². The molecular weight excluding hydrogens is 464 g/mol. The third-order valence-corrected chi connectivity index (χ3v) is 8.75. The van der Waals surface area contributed by atoms with Crippen LogP contribution in [0.1, 0.15) is 51.8 Å². The standard InChI is InChI=1S/C26H32N4O4S/c1-25(2,3)34-24(31)30-12-11-27-14-20(30)17-7-6-8-19-22(17)29-23(28-19)16-9-10-18-21(13-16)35(32,33)15-26(18,4)5/h6-10,13,20,27H,11-12,14-15H2,1-5H3,(H,28,29). The van der Waals surface area contributed by atoms with Gasteiger partial charge in [0.2, 0.25) is 0 Å². The molecule has 1 aromatic heterocycles. The molecule has 2 aliphatic rings. The Kier molecular flexibility index (Phi) is 5.49. The molecule has 0 radical (unpaired) electrons. The van der Waals surface area contributed by atoms with E-state index in [1.165, 1.54) is 0 Å². The first-order valence-electron chi connectivity index (χ1n) is 11.9. The highest BCUT2D eigenvalue weighted by Gasteiger charge is 2.40. The number of fused-ring (bicyclic) bond motifs is 2. The quantitative estimate of drug-likeness (QED) is 0.552. The van der Waals surface area contributed by atoms with E-state index in [2.05, 4.69) is 10.3 Å². The molecule has 8 nitrogen and oxygen atoms in total. The number of aromatic nitrogens is 2. The Bertz CT molecular complexity index is 1420. The van der Waals surface area contributed by atoms with Gasteiger partial charge < -0.3 is 15.0 Å². The molecule has 186 valence electrons. The molecule has 0 bridgehead atoms. The van der Waals surface area contributed by atoms with Crippen LogP contribution in [0.25, 0.3) is 22.4 Å². The first-order chi connectivity index (χ1) is 16.4. The van der Waals surface area contributed by atoms with Gasteiger partial charge in [-0.25, -0.2) is 18.2 Å². The number of hydrogen-bond donors (Lipinski definition) is 2. The normalized spacial score (nSPS) is 21.2. The van der Waals surface area contributed by atoms with Crippen LogP contribution in [0.2, 0.25) is 0 Å². The average Bonchev–Trinajstić information content (AvgIpc) is 3.28. The van der Waals surface area contributed by atoms with E-state index in [0.29, 0.717) is 30.4 Å². The van der Waals surface area contributed by atoms with Crippen molar-refractivity contribution in [2.24, 2.45) is 0 Å². The van der Waals surface area contributed by atoms with Crippen molar-refractivity contribution >= 4 is 27.0 Å². The maximum Gasteiger partial charge on any atom is 0.410 e. The molecule has 0 spiro atoms. The van der Waals surface area contributed by atoms with Gasteiger partial charge in [0, 0.05) is 36.2 Å². The molecule has 1 fully saturated rings. The predicted molar refractivity (Wildman–Crippen MR) is 135 cm³/mol. The summed E-state index contributed by atoms with van der Waals surface area (Å²) in [6.07, 6.45) is -0.344. The van der Waals surface area contributed by atoms with Crippen molar-refractivity contribution in [3.8, 4) is 11.4 Å². The van der Waals surface area contributed by atoms with E-state index in [9.17, 15) is 13.2 Å². The van der Waals surface area contributed by atoms with Gasteiger partial charge in [0.05, 0.1) is 27.7 Å². The summed E-state index contributed by atoms with van der Waals surface area (Å²) in [7, 11) is -3.34. The molecular formula is C26H32N4O4S. The Labute approximate surface area is 206 Å². The first-order valence-corrected chi connectivity index (χ1v) is 13.6. The number of amides is 1. The molecule has 2 aliphatic heterocycles. The Hall–Kier alpha value is -2.91. The largest absolute Gasteiger partial charge is 0.444 e. The van der Waals surface area contributed by atoms with E-state index in [1.54, 1.807) is 11.0 Å². The van der Waals surface area contributed by atoms with E-state index in [4.69, 9.17) is 9.72 Å². The number of hydrogen-bond acceptors (Lipinski definition) is 6. The molecule has 3 aromatic rings. The number of aromatic amines is 1. The number of sulfone groups is 1. The van der Waals surface area contributed by atoms with Crippen LogP contribution in [0, 0.1) is 0 Å². The van der Waals surface area contributed by atoms with Crippen molar-refractivity contribution in [1.82, 2.24) is 20.2 Å². The van der Waals surface area contributed by atoms with Crippen LogP contribution in [0.15, 0.2) is 41.3 Å². The second-order valence-corrected chi connectivity index (χ2v) is 13.0. The van der Waals surface area contributed by atoms with Gasteiger partial charge in [0.15, 0.2) is 9.84 Å². The maximum atomic E-state index is 13.0. The summed E-state index contributed by atoms with van der Waals surface area (Å²) < 4.78 is 31.3. The third kappa shape index (κ3) is 4.31. The number of carbonyl (C=O) groups excluding carboxylic acids is 1. The zero-order valence-corrected chi connectivity index (χ0v) is 21.6. The predicted octanol–water partition coefficient (Wildman–Crippen LogP) is 4.18. The van der Waals surface area contributed by atoms with E-state index >= 15 is 0 Å². The molecule has 5 rings (SSSR count). The summed E-state index contributed by atoms with van der Waals surface area (Å²) in [5.74, 6) is 0.709. The number of piperazine rings is 1. The highest BCUT2D eigenvalue weighted by atomic mass is 32.2. The SMILES string of the molecule is CC(C)(C)OC(=O)N1CCNCC1c1cccc2[nH]c(-c3ccc4c(c3)S(=O)(=O)CC4(C)C)nc12. The van der Waals surface area contributed by atoms with E-state index in [-0.39, 0.29) is 17.9 Å². The van der Waals surface area contributed by atoms with Crippen LogP contribution >= 0.6 is 0 Å². The van der Waals surface area contributed by atoms with Crippen LogP contribution in [-0.2, 0) is 20.0 Å². The molecule has 0 aliphatic carbocycles. The summed E-state index contributed by atoms with van der Waals surface area (Å²) in [6, 6.07) is 11.2. The van der Waals surface area contributed by atoms with E-state index < -0.39 is 20.9 Å². The summed E-state index contributed by atoms with van der Waals surface area (Å²) in [5, 5.41) is 3.37. The van der Waals surface area contributed by atoms with Crippen molar-refractivity contribution in [3.05, 3.63) is 47.5 Å². The van der Waals surface area contributed by atoms with Gasteiger partial charge in [-0.3, -0.25) is 4.90 Å². The van der Waals surface area contributed by atoms with E-state index in [1.807, 2.05) is 65.0 Å². The van der Waals surface area contributed by atoms with Gasteiger partial charge in [-0.2, -0.15) is 0 Å². The van der Waals surface area contributed by atoms with Gasteiger partial charge in [-0.05, 0) is 38.5 Å². The Morgan fingerprint density at radius 3 is 2.71 bits per heavy atom. The van der Waals surface area contributed by atoms with E-state index in [0.717, 1.165) is 27.7 Å². The minimum absolute atomic E-state index is 0.109. The zero-order valence-electron chi connectivity index (χ0n) is 20.8. The molecule has 3 heterocycles. The lowest BCUT2D eigenvalue weighted by molar-refractivity contribution is 0.0119. The number of carbonyl (C=O) groups is 1. The molecule has 1 atom stereocenters. The molecule has 1 unspecified atom stereocenters. The molecule has 2 aromatic carbocycles. The van der Waals surface area contributed by atoms with Gasteiger partial charge in [-0.1, -0.05) is 38.1 Å². The van der Waals surface area contributed by atoms with Crippen molar-refractivity contribution in [2.45, 2.75) is 56.6 Å². The summed E-state index contributed by atoms with van der Waals surface area (Å²) >= 11 is 0. The molecule has 0 saturated carbocycles. The molecule has 35 heavy (non-hydrogen) atoms. The molecule has 2 N–H and O–H groups in total. The number of nitrogens with zero attached hydrogens (tertiary/aromatic N) is 2. The van der Waals surface area contributed by atoms with Crippen LogP contribution in [0.3, 0.4) is 0 Å². The number of H-pyrrole nitrogens is 1.